The van der Waals surface area contributed by atoms with Crippen molar-refractivity contribution < 1.29 is 9.90 Å². The Balaban J connectivity index is 2.70. The van der Waals surface area contributed by atoms with Gasteiger partial charge >= 0.3 is 0 Å². The van der Waals surface area contributed by atoms with Crippen LogP contribution < -0.4 is 5.32 Å². The Morgan fingerprint density at radius 2 is 2.33 bits per heavy atom. The number of nitrogens with one attached hydrogen (secondary N) is 1. The molecule has 1 atom stereocenters. The van der Waals surface area contributed by atoms with E-state index in [0.29, 0.717) is 11.5 Å². The van der Waals surface area contributed by atoms with Gasteiger partial charge in [0.15, 0.2) is 0 Å². The van der Waals surface area contributed by atoms with Crippen molar-refractivity contribution in [1.82, 2.24) is 4.98 Å². The molecule has 4 heteroatoms. The molecule has 0 spiro atoms. The summed E-state index contributed by atoms with van der Waals surface area (Å²) in [5, 5.41) is 11.4. The first-order valence-electron chi connectivity index (χ1n) is 6.05. The van der Waals surface area contributed by atoms with Gasteiger partial charge in [-0.15, -0.1) is 0 Å². The van der Waals surface area contributed by atoms with Crippen LogP contribution in [0.5, 0.6) is 0 Å². The average molecular weight is 246 g/mol. The molecular formula is C14H18N2O2. The SMILES string of the molecule is CCCC(C)C(=O)Nc1cccc(C#CCO)n1. The lowest BCUT2D eigenvalue weighted by atomic mass is 10.1. The second-order valence-electron chi connectivity index (χ2n) is 4.05. The molecule has 1 aromatic heterocycles. The lowest BCUT2D eigenvalue weighted by Gasteiger charge is -2.10. The van der Waals surface area contributed by atoms with E-state index in [4.69, 9.17) is 5.11 Å². The summed E-state index contributed by atoms with van der Waals surface area (Å²) in [6, 6.07) is 5.23. The van der Waals surface area contributed by atoms with Crippen molar-refractivity contribution in [1.29, 1.82) is 0 Å². The van der Waals surface area contributed by atoms with Crippen molar-refractivity contribution in [2.75, 3.05) is 11.9 Å². The van der Waals surface area contributed by atoms with Crippen molar-refractivity contribution >= 4 is 11.7 Å². The highest BCUT2D eigenvalue weighted by Crippen LogP contribution is 2.10. The van der Waals surface area contributed by atoms with Gasteiger partial charge in [0.25, 0.3) is 0 Å². The molecule has 18 heavy (non-hydrogen) atoms. The Morgan fingerprint density at radius 1 is 1.56 bits per heavy atom. The molecule has 0 radical (unpaired) electrons. The van der Waals surface area contributed by atoms with Crippen LogP contribution in [0.2, 0.25) is 0 Å². The molecule has 0 saturated heterocycles. The summed E-state index contributed by atoms with van der Waals surface area (Å²) in [6.45, 7) is 3.74. The van der Waals surface area contributed by atoms with E-state index in [1.165, 1.54) is 0 Å². The second kappa shape index (κ2) is 7.46. The molecule has 96 valence electrons. The summed E-state index contributed by atoms with van der Waals surface area (Å²) in [5.41, 5.74) is 0.532. The number of amides is 1. The van der Waals surface area contributed by atoms with Crippen LogP contribution in [-0.2, 0) is 4.79 Å². The summed E-state index contributed by atoms with van der Waals surface area (Å²) in [6.07, 6.45) is 1.83. The van der Waals surface area contributed by atoms with Crippen molar-refractivity contribution in [3.8, 4) is 11.8 Å². The number of aromatic nitrogens is 1. The zero-order valence-corrected chi connectivity index (χ0v) is 10.7. The molecule has 0 aliphatic carbocycles. The molecule has 0 saturated carbocycles. The first kappa shape index (κ1) is 14.2. The van der Waals surface area contributed by atoms with Crippen LogP contribution in [0, 0.1) is 17.8 Å². The van der Waals surface area contributed by atoms with Gasteiger partial charge in [-0.3, -0.25) is 4.79 Å². The lowest BCUT2D eigenvalue weighted by molar-refractivity contribution is -0.119. The zero-order valence-electron chi connectivity index (χ0n) is 10.7. The molecule has 0 aliphatic rings. The molecule has 1 rings (SSSR count). The van der Waals surface area contributed by atoms with E-state index >= 15 is 0 Å². The standard InChI is InChI=1S/C14H18N2O2/c1-3-6-11(2)14(18)16-13-9-4-7-12(15-13)8-5-10-17/h4,7,9,11,17H,3,6,10H2,1-2H3,(H,15,16,18). The molecule has 1 unspecified atom stereocenters. The van der Waals surface area contributed by atoms with E-state index in [1.54, 1.807) is 18.2 Å². The number of hydrogen-bond acceptors (Lipinski definition) is 3. The summed E-state index contributed by atoms with van der Waals surface area (Å²) in [4.78, 5) is 16.0. The van der Waals surface area contributed by atoms with Crippen LogP contribution in [-0.4, -0.2) is 22.6 Å². The highest BCUT2D eigenvalue weighted by molar-refractivity contribution is 5.91. The van der Waals surface area contributed by atoms with Crippen LogP contribution in [0.15, 0.2) is 18.2 Å². The third-order valence-electron chi connectivity index (χ3n) is 2.47. The Hall–Kier alpha value is -1.86. The Morgan fingerprint density at radius 3 is 3.00 bits per heavy atom. The van der Waals surface area contributed by atoms with E-state index in [-0.39, 0.29) is 18.4 Å². The van der Waals surface area contributed by atoms with Crippen LogP contribution in [0.4, 0.5) is 5.82 Å². The van der Waals surface area contributed by atoms with Gasteiger partial charge in [0.2, 0.25) is 5.91 Å². The van der Waals surface area contributed by atoms with Crippen molar-refractivity contribution in [3.63, 3.8) is 0 Å². The maximum atomic E-state index is 11.8. The van der Waals surface area contributed by atoms with Gasteiger partial charge < -0.3 is 10.4 Å². The minimum atomic E-state index is -0.203. The number of pyridine rings is 1. The number of hydrogen-bond donors (Lipinski definition) is 2. The van der Waals surface area contributed by atoms with Gasteiger partial charge in [0.1, 0.15) is 18.1 Å². The molecule has 2 N–H and O–H groups in total. The molecule has 0 fully saturated rings. The summed E-state index contributed by atoms with van der Waals surface area (Å²) in [7, 11) is 0. The number of aliphatic hydroxyl groups is 1. The second-order valence-corrected chi connectivity index (χ2v) is 4.05. The number of carbonyl (C=O) groups excluding carboxylic acids is 1. The molecule has 1 heterocycles. The van der Waals surface area contributed by atoms with E-state index in [0.717, 1.165) is 12.8 Å². The number of nitrogens with zero attached hydrogens (tertiary/aromatic N) is 1. The van der Waals surface area contributed by atoms with Gasteiger partial charge in [-0.25, -0.2) is 4.98 Å². The van der Waals surface area contributed by atoms with E-state index in [2.05, 4.69) is 22.1 Å². The largest absolute Gasteiger partial charge is 0.384 e. The van der Waals surface area contributed by atoms with Gasteiger partial charge in [-0.1, -0.05) is 32.3 Å². The molecule has 0 bridgehead atoms. The monoisotopic (exact) mass is 246 g/mol. The Bertz CT molecular complexity index is 460. The van der Waals surface area contributed by atoms with Gasteiger partial charge in [0.05, 0.1) is 0 Å². The van der Waals surface area contributed by atoms with Crippen LogP contribution >= 0.6 is 0 Å². The van der Waals surface area contributed by atoms with Crippen LogP contribution in [0.1, 0.15) is 32.4 Å². The number of aliphatic hydroxyl groups excluding tert-OH is 1. The molecule has 0 aliphatic heterocycles. The molecule has 0 aromatic carbocycles. The lowest BCUT2D eigenvalue weighted by Crippen LogP contribution is -2.20. The van der Waals surface area contributed by atoms with Crippen LogP contribution in [0.3, 0.4) is 0 Å². The normalized spacial score (nSPS) is 11.3. The fourth-order valence-electron chi connectivity index (χ4n) is 1.52. The van der Waals surface area contributed by atoms with Gasteiger partial charge in [0, 0.05) is 5.92 Å². The highest BCUT2D eigenvalue weighted by Gasteiger charge is 2.12. The quantitative estimate of drug-likeness (QED) is 0.796. The van der Waals surface area contributed by atoms with E-state index < -0.39 is 0 Å². The highest BCUT2D eigenvalue weighted by atomic mass is 16.2. The minimum Gasteiger partial charge on any atom is -0.384 e. The molecule has 1 aromatic rings. The maximum Gasteiger partial charge on any atom is 0.228 e. The maximum absolute atomic E-state index is 11.8. The van der Waals surface area contributed by atoms with E-state index in [9.17, 15) is 4.79 Å². The number of rotatable bonds is 4. The predicted molar refractivity (Wildman–Crippen MR) is 70.9 cm³/mol. The predicted octanol–water partition coefficient (Wildman–Crippen LogP) is 1.80. The summed E-state index contributed by atoms with van der Waals surface area (Å²) >= 11 is 0. The van der Waals surface area contributed by atoms with Crippen molar-refractivity contribution in [2.45, 2.75) is 26.7 Å². The molecule has 1 amide bonds. The van der Waals surface area contributed by atoms with Gasteiger partial charge in [-0.05, 0) is 24.5 Å². The molecule has 4 nitrogen and oxygen atoms in total. The zero-order chi connectivity index (χ0) is 13.4. The van der Waals surface area contributed by atoms with Gasteiger partial charge in [-0.2, -0.15) is 0 Å². The third kappa shape index (κ3) is 4.56. The Kier molecular flexibility index (Phi) is 5.89. The van der Waals surface area contributed by atoms with Crippen LogP contribution in [0.25, 0.3) is 0 Å². The first-order valence-corrected chi connectivity index (χ1v) is 6.05. The number of carbonyl (C=O) groups is 1. The van der Waals surface area contributed by atoms with E-state index in [1.807, 2.05) is 13.8 Å². The first-order chi connectivity index (χ1) is 8.67. The fourth-order valence-corrected chi connectivity index (χ4v) is 1.52. The fraction of sp³-hybridized carbons (Fsp3) is 0.429. The minimum absolute atomic E-state index is 0.0241. The molecular weight excluding hydrogens is 228 g/mol. The van der Waals surface area contributed by atoms with Crippen molar-refractivity contribution in [2.24, 2.45) is 5.92 Å². The smallest absolute Gasteiger partial charge is 0.228 e. The summed E-state index contributed by atoms with van der Waals surface area (Å²) < 4.78 is 0. The Labute approximate surface area is 107 Å². The number of anilines is 1. The summed E-state index contributed by atoms with van der Waals surface area (Å²) in [5.74, 6) is 5.66. The topological polar surface area (TPSA) is 62.2 Å². The van der Waals surface area contributed by atoms with Crippen molar-refractivity contribution in [3.05, 3.63) is 23.9 Å². The average Bonchev–Trinajstić information content (AvgIpc) is 2.37. The third-order valence-corrected chi connectivity index (χ3v) is 2.47.